The molecule has 2 aliphatic rings. The third kappa shape index (κ3) is 1.30. The van der Waals surface area contributed by atoms with Crippen molar-refractivity contribution in [3.63, 3.8) is 0 Å². The molecule has 13 heavy (non-hydrogen) atoms. The van der Waals surface area contributed by atoms with Crippen LogP contribution in [0.25, 0.3) is 0 Å². The van der Waals surface area contributed by atoms with E-state index in [0.29, 0.717) is 11.4 Å². The molecular weight excluding hydrogens is 169 g/mol. The van der Waals surface area contributed by atoms with Gasteiger partial charge >= 0.3 is 7.12 Å². The largest absolute Gasteiger partial charge is 0.465 e. The highest BCUT2D eigenvalue weighted by Gasteiger charge is 2.32. The topological polar surface area (TPSA) is 91.2 Å². The van der Waals surface area contributed by atoms with Crippen LogP contribution in [0.5, 0.6) is 0 Å². The molecule has 2 rings (SSSR count). The first-order valence-corrected chi connectivity index (χ1v) is 3.86. The van der Waals surface area contributed by atoms with Gasteiger partial charge < -0.3 is 15.8 Å². The highest BCUT2D eigenvalue weighted by molar-refractivity contribution is 6.53. The van der Waals surface area contributed by atoms with Gasteiger partial charge in [0.1, 0.15) is 0 Å². The molecule has 1 atom stereocenters. The first kappa shape index (κ1) is 8.21. The van der Waals surface area contributed by atoms with Crippen LogP contribution in [0.15, 0.2) is 33.9 Å². The molecule has 0 radical (unpaired) electrons. The molecule has 1 heterocycles. The average Bonchev–Trinajstić information content (AvgIpc) is 2.43. The number of nitrogens with two attached hydrogens (primary N) is 1. The number of nitrogens with zero attached hydrogens (tertiary/aromatic N) is 2. The van der Waals surface area contributed by atoms with Crippen molar-refractivity contribution in [1.82, 2.24) is 0 Å². The van der Waals surface area contributed by atoms with E-state index in [1.54, 1.807) is 18.2 Å². The van der Waals surface area contributed by atoms with Crippen LogP contribution in [-0.2, 0) is 0 Å². The summed E-state index contributed by atoms with van der Waals surface area (Å²) in [6.07, 6.45) is 5.10. The fourth-order valence-electron chi connectivity index (χ4n) is 1.35. The molecule has 1 aliphatic heterocycles. The highest BCUT2D eigenvalue weighted by Crippen LogP contribution is 2.26. The molecule has 0 bridgehead atoms. The van der Waals surface area contributed by atoms with Crippen molar-refractivity contribution in [1.29, 1.82) is 0 Å². The van der Waals surface area contributed by atoms with Gasteiger partial charge in [-0.15, -0.1) is 0 Å². The van der Waals surface area contributed by atoms with Crippen LogP contribution < -0.4 is 5.73 Å². The first-order chi connectivity index (χ1) is 6.18. The van der Waals surface area contributed by atoms with Gasteiger partial charge in [0.05, 0.1) is 17.2 Å². The molecular formula is C7H8BN3O2. The SMILES string of the molecule is NC1=NC2=CC=CC(B(O)O)C2=N1. The Bertz CT molecular complexity index is 357. The monoisotopic (exact) mass is 177 g/mol. The molecule has 0 saturated carbocycles. The lowest BCUT2D eigenvalue weighted by Gasteiger charge is -2.14. The van der Waals surface area contributed by atoms with Crippen molar-refractivity contribution in [2.24, 2.45) is 15.7 Å². The van der Waals surface area contributed by atoms with E-state index < -0.39 is 12.9 Å². The summed E-state index contributed by atoms with van der Waals surface area (Å²) in [6, 6.07) is 0. The standard InChI is InChI=1S/C7H8BN3O2/c9-7-10-5-3-1-2-4(8(12)13)6(5)11-7/h1-4,12-13H,(H2,9,10). The van der Waals surface area contributed by atoms with Crippen LogP contribution in [0.1, 0.15) is 0 Å². The number of aliphatic imine (C=N–C) groups is 2. The molecule has 0 aromatic carbocycles. The Morgan fingerprint density at radius 1 is 1.38 bits per heavy atom. The van der Waals surface area contributed by atoms with Gasteiger partial charge in [-0.25, -0.2) is 9.98 Å². The summed E-state index contributed by atoms with van der Waals surface area (Å²) >= 11 is 0. The van der Waals surface area contributed by atoms with Gasteiger partial charge in [-0.05, 0) is 6.08 Å². The van der Waals surface area contributed by atoms with Crippen molar-refractivity contribution >= 4 is 18.8 Å². The number of hydrogen-bond acceptors (Lipinski definition) is 5. The Morgan fingerprint density at radius 3 is 2.85 bits per heavy atom. The number of allylic oxidation sites excluding steroid dienone is 4. The maximum absolute atomic E-state index is 9.01. The number of hydrogen-bond donors (Lipinski definition) is 3. The molecule has 1 unspecified atom stereocenters. The Kier molecular flexibility index (Phi) is 1.79. The maximum atomic E-state index is 9.01. The normalized spacial score (nSPS) is 24.8. The number of rotatable bonds is 1. The molecule has 1 aliphatic carbocycles. The second kappa shape index (κ2) is 2.83. The molecule has 0 aromatic heterocycles. The molecule has 0 amide bonds. The van der Waals surface area contributed by atoms with Gasteiger partial charge in [0.25, 0.3) is 0 Å². The van der Waals surface area contributed by atoms with E-state index >= 15 is 0 Å². The van der Waals surface area contributed by atoms with Crippen molar-refractivity contribution < 1.29 is 10.0 Å². The lowest BCUT2D eigenvalue weighted by Crippen LogP contribution is -2.27. The van der Waals surface area contributed by atoms with Gasteiger partial charge in [0.15, 0.2) is 0 Å². The van der Waals surface area contributed by atoms with Gasteiger partial charge in [-0.1, -0.05) is 12.2 Å². The van der Waals surface area contributed by atoms with Crippen LogP contribution in [0, 0.1) is 0 Å². The van der Waals surface area contributed by atoms with E-state index in [-0.39, 0.29) is 5.96 Å². The van der Waals surface area contributed by atoms with E-state index in [9.17, 15) is 0 Å². The van der Waals surface area contributed by atoms with Crippen molar-refractivity contribution in [2.45, 2.75) is 5.82 Å². The van der Waals surface area contributed by atoms with E-state index in [1.165, 1.54) is 0 Å². The van der Waals surface area contributed by atoms with Gasteiger partial charge in [0.2, 0.25) is 5.96 Å². The molecule has 0 fully saturated rings. The van der Waals surface area contributed by atoms with E-state index in [0.717, 1.165) is 0 Å². The van der Waals surface area contributed by atoms with Crippen molar-refractivity contribution in [3.05, 3.63) is 23.9 Å². The maximum Gasteiger partial charge on any atom is 0.465 e. The zero-order valence-corrected chi connectivity index (χ0v) is 6.75. The molecule has 5 nitrogen and oxygen atoms in total. The zero-order valence-electron chi connectivity index (χ0n) is 6.75. The predicted octanol–water partition coefficient (Wildman–Crippen LogP) is -0.948. The Balaban J connectivity index is 2.36. The highest BCUT2D eigenvalue weighted by atomic mass is 16.4. The smallest absolute Gasteiger partial charge is 0.426 e. The summed E-state index contributed by atoms with van der Waals surface area (Å²) in [4.78, 5) is 7.84. The average molecular weight is 177 g/mol. The van der Waals surface area contributed by atoms with Gasteiger partial charge in [0, 0.05) is 0 Å². The summed E-state index contributed by atoms with van der Waals surface area (Å²) in [7, 11) is -1.46. The third-order valence-electron chi connectivity index (χ3n) is 1.94. The minimum Gasteiger partial charge on any atom is -0.426 e. The van der Waals surface area contributed by atoms with Crippen LogP contribution in [0.3, 0.4) is 0 Å². The minimum atomic E-state index is -1.46. The lowest BCUT2D eigenvalue weighted by atomic mass is 9.68. The summed E-state index contributed by atoms with van der Waals surface area (Å²) in [6.45, 7) is 0. The minimum absolute atomic E-state index is 0.163. The molecule has 4 N–H and O–H groups in total. The van der Waals surface area contributed by atoms with E-state index in [2.05, 4.69) is 9.98 Å². The summed E-state index contributed by atoms with van der Waals surface area (Å²) in [5.74, 6) is -0.361. The molecule has 0 aromatic rings. The molecule has 0 spiro atoms. The van der Waals surface area contributed by atoms with Crippen molar-refractivity contribution in [2.75, 3.05) is 0 Å². The van der Waals surface area contributed by atoms with E-state index in [4.69, 9.17) is 15.8 Å². The van der Waals surface area contributed by atoms with Crippen LogP contribution in [0.4, 0.5) is 0 Å². The third-order valence-corrected chi connectivity index (χ3v) is 1.94. The summed E-state index contributed by atoms with van der Waals surface area (Å²) in [5, 5.41) is 18.0. The lowest BCUT2D eigenvalue weighted by molar-refractivity contribution is 0.405. The van der Waals surface area contributed by atoms with Gasteiger partial charge in [-0.3, -0.25) is 0 Å². The Labute approximate surface area is 75.1 Å². The van der Waals surface area contributed by atoms with E-state index in [1.807, 2.05) is 0 Å². The van der Waals surface area contributed by atoms with Gasteiger partial charge in [-0.2, -0.15) is 0 Å². The van der Waals surface area contributed by atoms with Crippen LogP contribution in [0.2, 0.25) is 5.82 Å². The number of fused-ring (bicyclic) bond motifs is 1. The van der Waals surface area contributed by atoms with Crippen molar-refractivity contribution in [3.8, 4) is 0 Å². The molecule has 6 heteroatoms. The number of guanidine groups is 1. The first-order valence-electron chi connectivity index (χ1n) is 3.86. The second-order valence-electron chi connectivity index (χ2n) is 2.84. The summed E-state index contributed by atoms with van der Waals surface area (Å²) in [5.41, 5.74) is 6.52. The predicted molar refractivity (Wildman–Crippen MR) is 50.2 cm³/mol. The quantitative estimate of drug-likeness (QED) is 0.451. The Morgan fingerprint density at radius 2 is 2.15 bits per heavy atom. The van der Waals surface area contributed by atoms with Crippen LogP contribution >= 0.6 is 0 Å². The summed E-state index contributed by atoms with van der Waals surface area (Å²) < 4.78 is 0. The molecule has 66 valence electrons. The zero-order chi connectivity index (χ0) is 9.42. The second-order valence-corrected chi connectivity index (χ2v) is 2.84. The fourth-order valence-corrected chi connectivity index (χ4v) is 1.35. The fraction of sp³-hybridized carbons (Fsp3) is 0.143. The molecule has 0 saturated heterocycles. The Hall–Kier alpha value is -1.40. The van der Waals surface area contributed by atoms with Crippen LogP contribution in [-0.4, -0.2) is 28.8 Å².